The van der Waals surface area contributed by atoms with Gasteiger partial charge in [0.1, 0.15) is 0 Å². The van der Waals surface area contributed by atoms with Gasteiger partial charge in [-0.15, -0.1) is 0 Å². The van der Waals surface area contributed by atoms with Gasteiger partial charge in [-0.1, -0.05) is 49.8 Å². The highest BCUT2D eigenvalue weighted by Gasteiger charge is 2.28. The Morgan fingerprint density at radius 2 is 1.76 bits per heavy atom. The Hall–Kier alpha value is -1.13. The number of ether oxygens (including phenoxy) is 1. The van der Waals surface area contributed by atoms with Crippen LogP contribution in [0.2, 0.25) is 0 Å². The monoisotopic (exact) mass is 245 g/mol. The van der Waals surface area contributed by atoms with Gasteiger partial charge in [-0.25, -0.2) is 0 Å². The zero-order valence-corrected chi connectivity index (χ0v) is 9.96. The van der Waals surface area contributed by atoms with Gasteiger partial charge in [-0.2, -0.15) is 0 Å². The molecule has 1 nitrogen and oxygen atoms in total. The maximum absolute atomic E-state index is 12.7. The van der Waals surface area contributed by atoms with Gasteiger partial charge in [0.25, 0.3) is 0 Å². The van der Waals surface area contributed by atoms with E-state index in [1.807, 2.05) is 0 Å². The minimum absolute atomic E-state index is 0.0449. The van der Waals surface area contributed by atoms with Crippen LogP contribution in [-0.2, 0) is 0 Å². The quantitative estimate of drug-likeness (QED) is 0.525. The molecule has 0 unspecified atom stereocenters. The molecule has 0 aliphatic rings. The Bertz CT molecular complexity index is 339. The standard InChI is InChI=1S/C12H17BF3O/c1-2-3-4-7-10-17-12-9-6-5-8-11(12)13(14,15)16/h5-6,8-9H,2-4,7,10H2,1H3/q-1. The first kappa shape index (κ1) is 13.9. The van der Waals surface area contributed by atoms with Crippen molar-refractivity contribution in [3.05, 3.63) is 24.3 Å². The topological polar surface area (TPSA) is 9.23 Å². The molecule has 0 spiro atoms. The van der Waals surface area contributed by atoms with E-state index in [9.17, 15) is 12.9 Å². The molecule has 17 heavy (non-hydrogen) atoms. The van der Waals surface area contributed by atoms with Crippen LogP contribution in [0.4, 0.5) is 12.9 Å². The van der Waals surface area contributed by atoms with E-state index in [2.05, 4.69) is 6.92 Å². The van der Waals surface area contributed by atoms with Crippen LogP contribution in [0, 0.1) is 0 Å². The van der Waals surface area contributed by atoms with E-state index in [0.29, 0.717) is 6.61 Å². The Kier molecular flexibility index (Phi) is 5.39. The molecular weight excluding hydrogens is 228 g/mol. The zero-order chi connectivity index (χ0) is 12.7. The summed E-state index contributed by atoms with van der Waals surface area (Å²) in [7, 11) is 0. The lowest BCUT2D eigenvalue weighted by Crippen LogP contribution is -2.35. The third-order valence-electron chi connectivity index (χ3n) is 2.53. The van der Waals surface area contributed by atoms with Crippen LogP contribution in [0.25, 0.3) is 0 Å². The van der Waals surface area contributed by atoms with E-state index < -0.39 is 12.4 Å². The van der Waals surface area contributed by atoms with E-state index in [0.717, 1.165) is 31.7 Å². The molecule has 0 fully saturated rings. The van der Waals surface area contributed by atoms with Crippen LogP contribution in [0.3, 0.4) is 0 Å². The van der Waals surface area contributed by atoms with Crippen molar-refractivity contribution in [2.45, 2.75) is 32.6 Å². The molecule has 5 heteroatoms. The highest BCUT2D eigenvalue weighted by atomic mass is 19.4. The maximum atomic E-state index is 12.7. The van der Waals surface area contributed by atoms with Crippen LogP contribution < -0.4 is 10.2 Å². The van der Waals surface area contributed by atoms with E-state index in [4.69, 9.17) is 4.74 Å². The molecule has 0 atom stereocenters. The van der Waals surface area contributed by atoms with Crippen LogP contribution in [0.1, 0.15) is 32.6 Å². The average Bonchev–Trinajstić information content (AvgIpc) is 2.28. The number of rotatable bonds is 7. The molecule has 0 bridgehead atoms. The lowest BCUT2D eigenvalue weighted by atomic mass is 9.79. The zero-order valence-electron chi connectivity index (χ0n) is 9.96. The molecule has 0 amide bonds. The smallest absolute Gasteiger partial charge is 0.497 e. The fourth-order valence-corrected chi connectivity index (χ4v) is 1.59. The molecule has 0 aliphatic carbocycles. The van der Waals surface area contributed by atoms with Gasteiger partial charge < -0.3 is 17.7 Å². The van der Waals surface area contributed by atoms with Gasteiger partial charge in [-0.3, -0.25) is 0 Å². The summed E-state index contributed by atoms with van der Waals surface area (Å²) in [5, 5.41) is 0. The second-order valence-electron chi connectivity index (χ2n) is 4.02. The highest BCUT2D eigenvalue weighted by molar-refractivity contribution is 6.74. The SMILES string of the molecule is CCCCCCOc1ccccc1[B-](F)(F)F. The minimum atomic E-state index is -4.99. The Morgan fingerprint density at radius 3 is 2.41 bits per heavy atom. The second kappa shape index (κ2) is 6.57. The van der Waals surface area contributed by atoms with Crippen molar-refractivity contribution in [3.63, 3.8) is 0 Å². The third-order valence-corrected chi connectivity index (χ3v) is 2.53. The highest BCUT2D eigenvalue weighted by Crippen LogP contribution is 2.17. The van der Waals surface area contributed by atoms with Gasteiger partial charge in [0.15, 0.2) is 0 Å². The lowest BCUT2D eigenvalue weighted by molar-refractivity contribution is 0.306. The number of hydrogen-bond acceptors (Lipinski definition) is 1. The normalized spacial score (nSPS) is 11.5. The average molecular weight is 245 g/mol. The van der Waals surface area contributed by atoms with Crippen molar-refractivity contribution in [1.29, 1.82) is 0 Å². The Morgan fingerprint density at radius 1 is 1.06 bits per heavy atom. The molecule has 0 aliphatic heterocycles. The first-order valence-electron chi connectivity index (χ1n) is 5.97. The molecule has 0 heterocycles. The molecule has 96 valence electrons. The van der Waals surface area contributed by atoms with Crippen molar-refractivity contribution in [3.8, 4) is 5.75 Å². The van der Waals surface area contributed by atoms with Crippen LogP contribution >= 0.6 is 0 Å². The summed E-state index contributed by atoms with van der Waals surface area (Å²) in [5.41, 5.74) is -0.636. The summed E-state index contributed by atoms with van der Waals surface area (Å²) >= 11 is 0. The first-order valence-corrected chi connectivity index (χ1v) is 5.97. The fraction of sp³-hybridized carbons (Fsp3) is 0.500. The van der Waals surface area contributed by atoms with Crippen LogP contribution in [-0.4, -0.2) is 13.6 Å². The molecule has 1 aromatic carbocycles. The van der Waals surface area contributed by atoms with Crippen molar-refractivity contribution in [1.82, 2.24) is 0 Å². The summed E-state index contributed by atoms with van der Waals surface area (Å²) < 4.78 is 43.2. The summed E-state index contributed by atoms with van der Waals surface area (Å²) in [6, 6.07) is 5.40. The second-order valence-corrected chi connectivity index (χ2v) is 4.02. The van der Waals surface area contributed by atoms with Gasteiger partial charge in [0, 0.05) is 0 Å². The van der Waals surface area contributed by atoms with Gasteiger partial charge >= 0.3 is 6.98 Å². The van der Waals surface area contributed by atoms with Crippen LogP contribution in [0.5, 0.6) is 5.75 Å². The predicted octanol–water partition coefficient (Wildman–Crippen LogP) is 3.70. The van der Waals surface area contributed by atoms with Gasteiger partial charge in [0.05, 0.1) is 12.4 Å². The summed E-state index contributed by atoms with van der Waals surface area (Å²) in [6.45, 7) is -2.56. The van der Waals surface area contributed by atoms with E-state index in [1.54, 1.807) is 6.07 Å². The van der Waals surface area contributed by atoms with Crippen molar-refractivity contribution in [2.24, 2.45) is 0 Å². The number of halogens is 3. The Labute approximate surface area is 100 Å². The molecule has 0 radical (unpaired) electrons. The van der Waals surface area contributed by atoms with Gasteiger partial charge in [-0.05, 0) is 12.5 Å². The van der Waals surface area contributed by atoms with Crippen molar-refractivity contribution >= 4 is 12.4 Å². The lowest BCUT2D eigenvalue weighted by Gasteiger charge is -2.19. The fourth-order valence-electron chi connectivity index (χ4n) is 1.59. The molecule has 0 saturated heterocycles. The minimum Gasteiger partial charge on any atom is -0.497 e. The number of hydrogen-bond donors (Lipinski definition) is 0. The van der Waals surface area contributed by atoms with Gasteiger partial charge in [0.2, 0.25) is 0 Å². The molecule has 1 rings (SSSR count). The van der Waals surface area contributed by atoms with E-state index in [1.165, 1.54) is 12.1 Å². The third kappa shape index (κ3) is 4.71. The maximum Gasteiger partial charge on any atom is 0.513 e. The molecule has 0 saturated carbocycles. The number of benzene rings is 1. The van der Waals surface area contributed by atoms with E-state index >= 15 is 0 Å². The number of unbranched alkanes of at least 4 members (excludes halogenated alkanes) is 3. The number of para-hydroxylation sites is 1. The summed E-state index contributed by atoms with van der Waals surface area (Å²) in [6.07, 6.45) is 3.99. The summed E-state index contributed by atoms with van der Waals surface area (Å²) in [4.78, 5) is 0. The van der Waals surface area contributed by atoms with Crippen molar-refractivity contribution < 1.29 is 17.7 Å². The van der Waals surface area contributed by atoms with E-state index in [-0.39, 0.29) is 5.75 Å². The largest absolute Gasteiger partial charge is 0.513 e. The summed E-state index contributed by atoms with van der Waals surface area (Å²) in [5.74, 6) is -0.0449. The van der Waals surface area contributed by atoms with Crippen molar-refractivity contribution in [2.75, 3.05) is 6.61 Å². The molecular formula is C12H17BF3O-. The molecule has 1 aromatic rings. The molecule has 0 N–H and O–H groups in total. The van der Waals surface area contributed by atoms with Crippen LogP contribution in [0.15, 0.2) is 24.3 Å². The first-order chi connectivity index (χ1) is 8.05. The molecule has 0 aromatic heterocycles. The Balaban J connectivity index is 2.53. The predicted molar refractivity (Wildman–Crippen MR) is 64.8 cm³/mol.